The van der Waals surface area contributed by atoms with Gasteiger partial charge in [-0.2, -0.15) is 0 Å². The molecule has 0 N–H and O–H groups in total. The zero-order chi connectivity index (χ0) is 36.3. The number of unbranched alkanes of at least 4 members (excludes halogenated alkanes) is 1. The van der Waals surface area contributed by atoms with Gasteiger partial charge in [-0.15, -0.1) is 0 Å². The summed E-state index contributed by atoms with van der Waals surface area (Å²) >= 11 is 0. The van der Waals surface area contributed by atoms with Crippen LogP contribution in [0, 0.1) is 0 Å². The number of benzene rings is 3. The molecule has 0 bridgehead atoms. The molecule has 3 aromatic rings. The van der Waals surface area contributed by atoms with Crippen molar-refractivity contribution in [3.05, 3.63) is 102 Å². The summed E-state index contributed by atoms with van der Waals surface area (Å²) in [7, 11) is 0. The van der Waals surface area contributed by atoms with Gasteiger partial charge in [0.05, 0.1) is 25.2 Å². The van der Waals surface area contributed by atoms with Gasteiger partial charge < -0.3 is 28.4 Å². The van der Waals surface area contributed by atoms with Gasteiger partial charge in [0.2, 0.25) is 0 Å². The second kappa shape index (κ2) is 17.3. The van der Waals surface area contributed by atoms with E-state index in [4.69, 9.17) is 28.4 Å². The summed E-state index contributed by atoms with van der Waals surface area (Å²) in [5.41, 5.74) is 4.18. The minimum Gasteiger partial charge on any atom is -0.462 e. The Morgan fingerprint density at radius 2 is 1.35 bits per heavy atom. The summed E-state index contributed by atoms with van der Waals surface area (Å²) in [6, 6.07) is 16.7. The largest absolute Gasteiger partial charge is 0.513 e. The third kappa shape index (κ3) is 9.94. The van der Waals surface area contributed by atoms with Gasteiger partial charge in [0, 0.05) is 17.6 Å². The zero-order valence-corrected chi connectivity index (χ0v) is 28.5. The Bertz CT molecular complexity index is 1800. The Hall–Kier alpha value is -5.71. The number of carbonyl (C=O) groups is 5. The Morgan fingerprint density at radius 3 is 2.04 bits per heavy atom. The summed E-state index contributed by atoms with van der Waals surface area (Å²) < 4.78 is 31.8. The Morgan fingerprint density at radius 1 is 0.745 bits per heavy atom. The van der Waals surface area contributed by atoms with Gasteiger partial charge in [0.15, 0.2) is 0 Å². The van der Waals surface area contributed by atoms with Gasteiger partial charge in [-0.25, -0.2) is 19.2 Å². The molecule has 0 saturated heterocycles. The number of rotatable bonds is 14. The molecule has 1 saturated carbocycles. The minimum atomic E-state index is -0.864. The lowest BCUT2D eigenvalue weighted by molar-refractivity contribution is -0.151. The van der Waals surface area contributed by atoms with Crippen LogP contribution >= 0.6 is 0 Å². The van der Waals surface area contributed by atoms with E-state index in [1.807, 2.05) is 19.1 Å². The van der Waals surface area contributed by atoms with E-state index in [2.05, 4.69) is 13.2 Å². The first-order chi connectivity index (χ1) is 24.6. The lowest BCUT2D eigenvalue weighted by atomic mass is 9.98. The number of hydrogen-bond donors (Lipinski definition) is 0. The van der Waals surface area contributed by atoms with Gasteiger partial charge in [-0.05, 0) is 109 Å². The number of carbonyl (C=O) groups excluding carboxylic acids is 5. The van der Waals surface area contributed by atoms with E-state index in [0.717, 1.165) is 60.4 Å². The fourth-order valence-electron chi connectivity index (χ4n) is 5.98. The highest BCUT2D eigenvalue weighted by Gasteiger charge is 2.28. The predicted octanol–water partition coefficient (Wildman–Crippen LogP) is 7.79. The Kier molecular flexibility index (Phi) is 12.4. The van der Waals surface area contributed by atoms with Gasteiger partial charge in [0.25, 0.3) is 0 Å². The molecule has 11 nitrogen and oxygen atoms in total. The Balaban J connectivity index is 1.03. The van der Waals surface area contributed by atoms with Crippen LogP contribution in [0.4, 0.5) is 4.79 Å². The van der Waals surface area contributed by atoms with Crippen molar-refractivity contribution in [3.63, 3.8) is 0 Å². The van der Waals surface area contributed by atoms with Crippen molar-refractivity contribution in [2.75, 3.05) is 13.2 Å². The maximum atomic E-state index is 12.9. The monoisotopic (exact) mass is 696 g/mol. The van der Waals surface area contributed by atoms with Gasteiger partial charge in [-0.1, -0.05) is 38.6 Å². The molecule has 5 rings (SSSR count). The molecule has 2 aliphatic carbocycles. The first-order valence-electron chi connectivity index (χ1n) is 16.9. The Labute approximate surface area is 296 Å². The summed E-state index contributed by atoms with van der Waals surface area (Å²) in [5.74, 6) is -1.45. The molecule has 0 heterocycles. The predicted molar refractivity (Wildman–Crippen MR) is 186 cm³/mol. The summed E-state index contributed by atoms with van der Waals surface area (Å²) in [4.78, 5) is 61.0. The van der Waals surface area contributed by atoms with Crippen molar-refractivity contribution < 1.29 is 52.4 Å². The lowest BCUT2D eigenvalue weighted by Crippen LogP contribution is -2.22. The van der Waals surface area contributed by atoms with E-state index >= 15 is 0 Å². The zero-order valence-electron chi connectivity index (χ0n) is 28.5. The van der Waals surface area contributed by atoms with Crippen LogP contribution < -0.4 is 14.2 Å². The normalized spacial score (nSPS) is 14.6. The molecule has 1 fully saturated rings. The highest BCUT2D eigenvalue weighted by Crippen LogP contribution is 2.46. The van der Waals surface area contributed by atoms with Crippen molar-refractivity contribution in [1.29, 1.82) is 0 Å². The van der Waals surface area contributed by atoms with E-state index in [-0.39, 0.29) is 37.2 Å². The molecule has 0 radical (unpaired) electrons. The average molecular weight is 697 g/mol. The highest BCUT2D eigenvalue weighted by molar-refractivity contribution is 5.94. The van der Waals surface area contributed by atoms with Gasteiger partial charge in [-0.3, -0.25) is 4.79 Å². The minimum absolute atomic E-state index is 0.0413. The second-order valence-corrected chi connectivity index (χ2v) is 12.3. The van der Waals surface area contributed by atoms with Gasteiger partial charge in [0.1, 0.15) is 23.4 Å². The molecule has 1 unspecified atom stereocenters. The smallest absolute Gasteiger partial charge is 0.462 e. The van der Waals surface area contributed by atoms with Crippen molar-refractivity contribution >= 4 is 30.0 Å². The maximum Gasteiger partial charge on any atom is 0.513 e. The van der Waals surface area contributed by atoms with Crippen LogP contribution in [0.5, 0.6) is 17.2 Å². The first-order valence-corrected chi connectivity index (χ1v) is 16.9. The third-order valence-corrected chi connectivity index (χ3v) is 8.64. The van der Waals surface area contributed by atoms with E-state index < -0.39 is 30.0 Å². The molecule has 1 atom stereocenters. The fraction of sp³-hybridized carbons (Fsp3) is 0.325. The number of ether oxygens (including phenoxy) is 6. The molecular formula is C40H40O11. The molecule has 3 aromatic carbocycles. The molecule has 11 heteroatoms. The van der Waals surface area contributed by atoms with Crippen LogP contribution in [0.3, 0.4) is 0 Å². The van der Waals surface area contributed by atoms with Crippen LogP contribution in [0.25, 0.3) is 11.1 Å². The molecule has 266 valence electrons. The molecule has 0 amide bonds. The van der Waals surface area contributed by atoms with Crippen molar-refractivity contribution in [2.45, 2.75) is 70.3 Å². The lowest BCUT2D eigenvalue weighted by Gasteiger charge is -2.21. The van der Waals surface area contributed by atoms with Crippen molar-refractivity contribution in [3.8, 4) is 28.4 Å². The molecule has 51 heavy (non-hydrogen) atoms. The number of esters is 4. The fourth-order valence-corrected chi connectivity index (χ4v) is 5.98. The van der Waals surface area contributed by atoms with Crippen LogP contribution in [0.2, 0.25) is 0 Å². The molecule has 0 aliphatic heterocycles. The van der Waals surface area contributed by atoms with Crippen LogP contribution in [-0.2, 0) is 28.6 Å². The summed E-state index contributed by atoms with van der Waals surface area (Å²) in [6.45, 7) is 9.14. The van der Waals surface area contributed by atoms with E-state index in [1.54, 1.807) is 24.3 Å². The number of fused-ring (bicyclic) bond motifs is 3. The van der Waals surface area contributed by atoms with Crippen LogP contribution in [0.15, 0.2) is 85.5 Å². The van der Waals surface area contributed by atoms with Gasteiger partial charge >= 0.3 is 30.0 Å². The summed E-state index contributed by atoms with van der Waals surface area (Å²) in [5, 5.41) is 0. The van der Waals surface area contributed by atoms with E-state index in [9.17, 15) is 24.0 Å². The van der Waals surface area contributed by atoms with Crippen molar-refractivity contribution in [2.24, 2.45) is 0 Å². The van der Waals surface area contributed by atoms with E-state index in [0.29, 0.717) is 35.7 Å². The standard InChI is InChI=1S/C40H40O11/c1-4-36(41)48-29-13-15-30(16-14-29)50-39(44)27-12-18-32-33-19-17-31(24-35(33)26(3)34(32)23-27)51-40(45)47-21-9-8-20-46-38(43)25(2)22-37(42)49-28-10-6-5-7-11-28/h4,12-19,23-24,26,28H,1-2,5-11,20-22H2,3H3. The first kappa shape index (κ1) is 36.6. The average Bonchev–Trinajstić information content (AvgIpc) is 3.40. The highest BCUT2D eigenvalue weighted by atomic mass is 16.7. The van der Waals surface area contributed by atoms with Crippen LogP contribution in [-0.4, -0.2) is 49.4 Å². The van der Waals surface area contributed by atoms with E-state index in [1.165, 1.54) is 24.3 Å². The van der Waals surface area contributed by atoms with Crippen LogP contribution in [0.1, 0.15) is 85.7 Å². The molecule has 0 aromatic heterocycles. The molecule has 2 aliphatic rings. The number of hydrogen-bond acceptors (Lipinski definition) is 11. The second-order valence-electron chi connectivity index (χ2n) is 12.3. The summed E-state index contributed by atoms with van der Waals surface area (Å²) in [6.07, 6.45) is 5.67. The molecular weight excluding hydrogens is 656 g/mol. The molecule has 0 spiro atoms. The third-order valence-electron chi connectivity index (χ3n) is 8.64. The quantitative estimate of drug-likeness (QED) is 0.0407. The van der Waals surface area contributed by atoms with Crippen molar-refractivity contribution in [1.82, 2.24) is 0 Å². The topological polar surface area (TPSA) is 141 Å². The maximum absolute atomic E-state index is 12.9. The SMILES string of the molecule is C=CC(=O)Oc1ccc(OC(=O)c2ccc3c(c2)C(C)c2cc(OC(=O)OCCCCOC(=O)C(=C)CC(=O)OC4CCCCC4)ccc2-3)cc1.